The molecule has 4 aromatic rings. The van der Waals surface area contributed by atoms with Gasteiger partial charge in [0.2, 0.25) is 5.91 Å². The highest BCUT2D eigenvalue weighted by molar-refractivity contribution is 6.05. The van der Waals surface area contributed by atoms with Crippen molar-refractivity contribution >= 4 is 34.4 Å². The molecule has 0 bridgehead atoms. The van der Waals surface area contributed by atoms with Crippen molar-refractivity contribution in [2.24, 2.45) is 11.8 Å². The molecule has 2 amide bonds. The number of hydrogen-bond donors (Lipinski definition) is 4. The standard InChI is InChI=1S/C30H31N5O3/c1-2-5-19-7-8-20(28(19)37)12-16-27(36)32-23-13-9-21(10-14-23)29-33-24-15-11-22(18-25(24)34-29)30(38)35-26-6-3-4-17-31-26/h2-4,6,9-11,13-15,17-20,28,37H,1,5,7-8,12,16H2,(H,32,36)(H,33,34)(H,31,35,38). The largest absolute Gasteiger partial charge is 0.393 e. The Hall–Kier alpha value is -4.30. The Kier molecular flexibility index (Phi) is 7.60. The van der Waals surface area contributed by atoms with Crippen LogP contribution in [0, 0.1) is 11.8 Å². The summed E-state index contributed by atoms with van der Waals surface area (Å²) in [5.41, 5.74) is 3.56. The third-order valence-electron chi connectivity index (χ3n) is 7.18. The van der Waals surface area contributed by atoms with E-state index in [1.54, 1.807) is 36.5 Å². The molecule has 1 aliphatic rings. The quantitative estimate of drug-likeness (QED) is 0.220. The van der Waals surface area contributed by atoms with Gasteiger partial charge in [0.15, 0.2) is 0 Å². The summed E-state index contributed by atoms with van der Waals surface area (Å²) < 4.78 is 0. The number of aromatic nitrogens is 3. The van der Waals surface area contributed by atoms with Crippen LogP contribution >= 0.6 is 0 Å². The maximum absolute atomic E-state index is 12.6. The number of imidazole rings is 1. The number of aliphatic hydroxyl groups excluding tert-OH is 1. The first-order valence-electron chi connectivity index (χ1n) is 12.9. The summed E-state index contributed by atoms with van der Waals surface area (Å²) in [5.74, 6) is 1.29. The summed E-state index contributed by atoms with van der Waals surface area (Å²) >= 11 is 0. The molecule has 8 nitrogen and oxygen atoms in total. The van der Waals surface area contributed by atoms with E-state index in [2.05, 4.69) is 32.2 Å². The van der Waals surface area contributed by atoms with Crippen LogP contribution < -0.4 is 10.6 Å². The molecule has 0 saturated heterocycles. The summed E-state index contributed by atoms with van der Waals surface area (Å²) in [6, 6.07) is 18.1. The topological polar surface area (TPSA) is 120 Å². The van der Waals surface area contributed by atoms with E-state index in [1.165, 1.54) is 0 Å². The second-order valence-corrected chi connectivity index (χ2v) is 9.76. The molecule has 4 N–H and O–H groups in total. The van der Waals surface area contributed by atoms with Gasteiger partial charge in [-0.1, -0.05) is 12.1 Å². The summed E-state index contributed by atoms with van der Waals surface area (Å²) in [5, 5.41) is 16.2. The number of hydrogen-bond acceptors (Lipinski definition) is 5. The van der Waals surface area contributed by atoms with Crippen LogP contribution in [0.5, 0.6) is 0 Å². The fourth-order valence-corrected chi connectivity index (χ4v) is 5.11. The third-order valence-corrected chi connectivity index (χ3v) is 7.18. The molecule has 2 aromatic carbocycles. The van der Waals surface area contributed by atoms with Gasteiger partial charge in [-0.15, -0.1) is 6.58 Å². The van der Waals surface area contributed by atoms with Crippen LogP contribution in [-0.4, -0.2) is 38.0 Å². The Morgan fingerprint density at radius 3 is 2.63 bits per heavy atom. The maximum Gasteiger partial charge on any atom is 0.256 e. The minimum absolute atomic E-state index is 0.0580. The number of nitrogens with one attached hydrogen (secondary N) is 3. The highest BCUT2D eigenvalue weighted by Gasteiger charge is 2.33. The van der Waals surface area contributed by atoms with Crippen LogP contribution in [-0.2, 0) is 4.79 Å². The fourth-order valence-electron chi connectivity index (χ4n) is 5.11. The van der Waals surface area contributed by atoms with Gasteiger partial charge in [-0.05, 0) is 92.1 Å². The van der Waals surface area contributed by atoms with E-state index < -0.39 is 0 Å². The van der Waals surface area contributed by atoms with Gasteiger partial charge in [-0.3, -0.25) is 9.59 Å². The molecular formula is C30H31N5O3. The average Bonchev–Trinajstić information content (AvgIpc) is 3.51. The number of nitrogens with zero attached hydrogens (tertiary/aromatic N) is 2. The van der Waals surface area contributed by atoms with Crippen LogP contribution in [0.2, 0.25) is 0 Å². The zero-order chi connectivity index (χ0) is 26.5. The zero-order valence-electron chi connectivity index (χ0n) is 21.1. The number of carbonyl (C=O) groups excluding carboxylic acids is 2. The molecule has 3 atom stereocenters. The van der Waals surface area contributed by atoms with E-state index in [-0.39, 0.29) is 29.8 Å². The van der Waals surface area contributed by atoms with Crippen LogP contribution in [0.1, 0.15) is 42.5 Å². The number of carbonyl (C=O) groups is 2. The van der Waals surface area contributed by atoms with Gasteiger partial charge in [0.05, 0.1) is 17.1 Å². The van der Waals surface area contributed by atoms with E-state index in [0.29, 0.717) is 35.7 Å². The van der Waals surface area contributed by atoms with E-state index >= 15 is 0 Å². The molecule has 1 aliphatic carbocycles. The van der Waals surface area contributed by atoms with Crippen molar-refractivity contribution in [3.63, 3.8) is 0 Å². The van der Waals surface area contributed by atoms with Gasteiger partial charge in [0.1, 0.15) is 11.6 Å². The molecule has 1 saturated carbocycles. The van der Waals surface area contributed by atoms with Gasteiger partial charge in [0, 0.05) is 29.4 Å². The lowest BCUT2D eigenvalue weighted by atomic mass is 9.94. The number of rotatable bonds is 9. The number of H-pyrrole nitrogens is 1. The highest BCUT2D eigenvalue weighted by atomic mass is 16.3. The predicted octanol–water partition coefficient (Wildman–Crippen LogP) is 5.56. The lowest BCUT2D eigenvalue weighted by Gasteiger charge is -2.18. The van der Waals surface area contributed by atoms with Gasteiger partial charge in [0.25, 0.3) is 5.91 Å². The lowest BCUT2D eigenvalue weighted by Crippen LogP contribution is -2.22. The van der Waals surface area contributed by atoms with Gasteiger partial charge in [-0.25, -0.2) is 9.97 Å². The third kappa shape index (κ3) is 5.81. The monoisotopic (exact) mass is 509 g/mol. The van der Waals surface area contributed by atoms with Crippen molar-refractivity contribution in [1.29, 1.82) is 0 Å². The molecule has 194 valence electrons. The highest BCUT2D eigenvalue weighted by Crippen LogP contribution is 2.36. The molecule has 2 aromatic heterocycles. The lowest BCUT2D eigenvalue weighted by molar-refractivity contribution is -0.116. The summed E-state index contributed by atoms with van der Waals surface area (Å²) in [6.45, 7) is 3.77. The minimum atomic E-state index is -0.352. The van der Waals surface area contributed by atoms with Gasteiger partial charge in [-0.2, -0.15) is 0 Å². The van der Waals surface area contributed by atoms with E-state index in [0.717, 1.165) is 35.9 Å². The first-order valence-corrected chi connectivity index (χ1v) is 12.9. The summed E-state index contributed by atoms with van der Waals surface area (Å²) in [6.07, 6.45) is 6.96. The normalized spacial score (nSPS) is 18.8. The molecule has 5 rings (SSSR count). The van der Waals surface area contributed by atoms with Crippen molar-refractivity contribution in [3.8, 4) is 11.4 Å². The zero-order valence-corrected chi connectivity index (χ0v) is 21.1. The first kappa shape index (κ1) is 25.4. The van der Waals surface area contributed by atoms with Crippen molar-refractivity contribution in [1.82, 2.24) is 15.0 Å². The minimum Gasteiger partial charge on any atom is -0.393 e. The summed E-state index contributed by atoms with van der Waals surface area (Å²) in [4.78, 5) is 37.1. The molecular weight excluding hydrogens is 478 g/mol. The van der Waals surface area contributed by atoms with E-state index in [1.807, 2.05) is 36.4 Å². The number of amides is 2. The Balaban J connectivity index is 1.18. The smallest absolute Gasteiger partial charge is 0.256 e. The molecule has 0 aliphatic heterocycles. The second kappa shape index (κ2) is 11.4. The number of allylic oxidation sites excluding steroid dienone is 1. The van der Waals surface area contributed by atoms with Crippen molar-refractivity contribution in [2.75, 3.05) is 10.6 Å². The molecule has 1 fully saturated rings. The van der Waals surface area contributed by atoms with Gasteiger partial charge >= 0.3 is 0 Å². The second-order valence-electron chi connectivity index (χ2n) is 9.76. The number of anilines is 2. The molecule has 0 spiro atoms. The van der Waals surface area contributed by atoms with Crippen LogP contribution in [0.15, 0.2) is 79.5 Å². The average molecular weight is 510 g/mol. The maximum atomic E-state index is 12.6. The number of pyridine rings is 1. The Morgan fingerprint density at radius 1 is 1.05 bits per heavy atom. The first-order chi connectivity index (χ1) is 18.5. The van der Waals surface area contributed by atoms with E-state index in [4.69, 9.17) is 0 Å². The molecule has 8 heteroatoms. The van der Waals surface area contributed by atoms with Crippen LogP contribution in [0.25, 0.3) is 22.4 Å². The SMILES string of the molecule is C=CCC1CCC(CCC(=O)Nc2ccc(-c3nc4ccc(C(=O)Nc5ccccn5)cc4[nH]3)cc2)C1O. The summed E-state index contributed by atoms with van der Waals surface area (Å²) in [7, 11) is 0. The van der Waals surface area contributed by atoms with Crippen LogP contribution in [0.4, 0.5) is 11.5 Å². The predicted molar refractivity (Wildman–Crippen MR) is 149 cm³/mol. The molecule has 2 heterocycles. The van der Waals surface area contributed by atoms with E-state index in [9.17, 15) is 14.7 Å². The number of benzene rings is 2. The number of fused-ring (bicyclic) bond motifs is 1. The number of aromatic amines is 1. The Morgan fingerprint density at radius 2 is 1.87 bits per heavy atom. The fraction of sp³-hybridized carbons (Fsp3) is 0.267. The van der Waals surface area contributed by atoms with Crippen molar-refractivity contribution in [2.45, 2.75) is 38.2 Å². The molecule has 3 unspecified atom stereocenters. The van der Waals surface area contributed by atoms with Crippen molar-refractivity contribution < 1.29 is 14.7 Å². The number of aliphatic hydroxyl groups is 1. The van der Waals surface area contributed by atoms with Gasteiger partial charge < -0.3 is 20.7 Å². The molecule has 0 radical (unpaired) electrons. The Labute approximate surface area is 221 Å². The Bertz CT molecular complexity index is 1430. The van der Waals surface area contributed by atoms with Crippen molar-refractivity contribution in [3.05, 3.63) is 85.1 Å². The molecule has 38 heavy (non-hydrogen) atoms. The van der Waals surface area contributed by atoms with Crippen LogP contribution in [0.3, 0.4) is 0 Å².